The van der Waals surface area contributed by atoms with Crippen molar-refractivity contribution in [2.45, 2.75) is 56.8 Å². The van der Waals surface area contributed by atoms with E-state index in [1.807, 2.05) is 18.3 Å². The molecule has 0 spiro atoms. The average molecular weight is 463 g/mol. The van der Waals surface area contributed by atoms with E-state index in [-0.39, 0.29) is 12.4 Å². The van der Waals surface area contributed by atoms with Gasteiger partial charge in [0.05, 0.1) is 29.1 Å². The lowest BCUT2D eigenvalue weighted by atomic mass is 9.92. The number of pyridine rings is 1. The lowest BCUT2D eigenvalue weighted by Crippen LogP contribution is -2.38. The number of ether oxygens (including phenoxy) is 1. The smallest absolute Gasteiger partial charge is 0.223 e. The number of halogens is 2. The largest absolute Gasteiger partial charge is 0.375 e. The maximum atomic E-state index is 6.45. The fourth-order valence-electron chi connectivity index (χ4n) is 4.56. The van der Waals surface area contributed by atoms with Crippen molar-refractivity contribution in [2.24, 2.45) is 0 Å². The molecule has 5 rings (SSSR count). The van der Waals surface area contributed by atoms with Gasteiger partial charge in [-0.25, -0.2) is 15.0 Å². The number of hydrogen-bond acceptors (Lipinski definition) is 6. The van der Waals surface area contributed by atoms with Crippen LogP contribution in [0.15, 0.2) is 30.7 Å². The number of anilines is 1. The summed E-state index contributed by atoms with van der Waals surface area (Å²) in [6, 6.07) is 4.24. The predicted octanol–water partition coefficient (Wildman–Crippen LogP) is 4.59. The number of piperidine rings is 1. The van der Waals surface area contributed by atoms with Gasteiger partial charge in [-0.15, -0.1) is 12.4 Å². The molecule has 1 saturated carbocycles. The van der Waals surface area contributed by atoms with E-state index in [4.69, 9.17) is 21.3 Å². The van der Waals surface area contributed by atoms with Crippen LogP contribution in [0, 0.1) is 0 Å². The molecule has 2 aliphatic rings. The fraction of sp³-hybridized carbons (Fsp3) is 0.500. The van der Waals surface area contributed by atoms with Crippen LogP contribution < -0.4 is 10.6 Å². The van der Waals surface area contributed by atoms with Crippen LogP contribution >= 0.6 is 24.0 Å². The number of rotatable bonds is 5. The SMILES string of the molecule is Cl.Clc1cnc(NC2CCCC(OC3CCNCC3)C2)nc1-c1c[nH]c2ncccc12. The Morgan fingerprint density at radius 3 is 2.84 bits per heavy atom. The van der Waals surface area contributed by atoms with Crippen LogP contribution in [-0.2, 0) is 4.74 Å². The molecule has 3 aromatic rings. The Hall–Kier alpha value is -1.93. The van der Waals surface area contributed by atoms with Crippen molar-refractivity contribution in [1.82, 2.24) is 25.3 Å². The molecule has 0 radical (unpaired) electrons. The molecule has 1 aliphatic carbocycles. The molecule has 9 heteroatoms. The van der Waals surface area contributed by atoms with E-state index in [1.54, 1.807) is 12.4 Å². The fourth-order valence-corrected chi connectivity index (χ4v) is 4.76. The first-order chi connectivity index (χ1) is 14.8. The minimum Gasteiger partial charge on any atom is -0.375 e. The van der Waals surface area contributed by atoms with Crippen molar-refractivity contribution in [3.05, 3.63) is 35.7 Å². The molecule has 4 heterocycles. The third-order valence-electron chi connectivity index (χ3n) is 6.08. The van der Waals surface area contributed by atoms with Crippen LogP contribution in [0.4, 0.5) is 5.95 Å². The van der Waals surface area contributed by atoms with E-state index in [9.17, 15) is 0 Å². The minimum absolute atomic E-state index is 0. The summed E-state index contributed by atoms with van der Waals surface area (Å²) in [4.78, 5) is 16.7. The highest BCUT2D eigenvalue weighted by Crippen LogP contribution is 2.32. The van der Waals surface area contributed by atoms with Gasteiger partial charge >= 0.3 is 0 Å². The molecule has 31 heavy (non-hydrogen) atoms. The van der Waals surface area contributed by atoms with E-state index in [2.05, 4.69) is 25.6 Å². The second-order valence-corrected chi connectivity index (χ2v) is 8.61. The lowest BCUT2D eigenvalue weighted by molar-refractivity contribution is -0.0438. The Morgan fingerprint density at radius 1 is 1.10 bits per heavy atom. The summed E-state index contributed by atoms with van der Waals surface area (Å²) in [5, 5.41) is 8.45. The summed E-state index contributed by atoms with van der Waals surface area (Å²) < 4.78 is 6.40. The molecule has 0 bridgehead atoms. The first-order valence-corrected chi connectivity index (χ1v) is 11.2. The van der Waals surface area contributed by atoms with E-state index < -0.39 is 0 Å². The summed E-state index contributed by atoms with van der Waals surface area (Å²) in [5.74, 6) is 0.611. The number of aromatic nitrogens is 4. The van der Waals surface area contributed by atoms with Crippen molar-refractivity contribution in [3.63, 3.8) is 0 Å². The zero-order valence-electron chi connectivity index (χ0n) is 17.3. The van der Waals surface area contributed by atoms with Crippen molar-refractivity contribution in [3.8, 4) is 11.3 Å². The van der Waals surface area contributed by atoms with Gasteiger partial charge in [0.25, 0.3) is 0 Å². The molecule has 0 aromatic carbocycles. The van der Waals surface area contributed by atoms with Crippen LogP contribution in [0.3, 0.4) is 0 Å². The van der Waals surface area contributed by atoms with Crippen molar-refractivity contribution in [1.29, 1.82) is 0 Å². The highest BCUT2D eigenvalue weighted by atomic mass is 35.5. The predicted molar refractivity (Wildman–Crippen MR) is 126 cm³/mol. The van der Waals surface area contributed by atoms with Gasteiger partial charge in [-0.05, 0) is 63.7 Å². The van der Waals surface area contributed by atoms with E-state index in [0.29, 0.717) is 34.9 Å². The third-order valence-corrected chi connectivity index (χ3v) is 6.36. The van der Waals surface area contributed by atoms with Crippen molar-refractivity contribution < 1.29 is 4.74 Å². The summed E-state index contributed by atoms with van der Waals surface area (Å²) in [6.07, 6.45) is 12.6. The molecule has 3 aromatic heterocycles. The summed E-state index contributed by atoms with van der Waals surface area (Å²) >= 11 is 6.45. The quantitative estimate of drug-likeness (QED) is 0.513. The molecule has 1 aliphatic heterocycles. The standard InChI is InChI=1S/C22H27ClN6O.ClH/c23-19-13-27-22(29-20(19)18-12-26-21-17(18)5-2-8-25-21)28-14-3-1-4-16(11-14)30-15-6-9-24-10-7-15;/h2,5,8,12-16,24H,1,3-4,6-7,9-11H2,(H,25,26)(H,27,28,29);1H. The second-order valence-electron chi connectivity index (χ2n) is 8.21. The van der Waals surface area contributed by atoms with Gasteiger partial charge in [0.15, 0.2) is 0 Å². The van der Waals surface area contributed by atoms with Crippen LogP contribution in [-0.4, -0.2) is 51.3 Å². The molecule has 1 saturated heterocycles. The Balaban J connectivity index is 0.00000231. The summed E-state index contributed by atoms with van der Waals surface area (Å²) in [5.41, 5.74) is 2.47. The molecule has 166 valence electrons. The van der Waals surface area contributed by atoms with Gasteiger partial charge in [-0.1, -0.05) is 11.6 Å². The first kappa shape index (κ1) is 22.3. The topological polar surface area (TPSA) is 87.8 Å². The minimum atomic E-state index is 0. The van der Waals surface area contributed by atoms with Gasteiger partial charge in [0, 0.05) is 29.4 Å². The number of aromatic amines is 1. The molecule has 2 unspecified atom stereocenters. The molecular formula is C22H28Cl2N6O. The van der Waals surface area contributed by atoms with Gasteiger partial charge in [-0.3, -0.25) is 0 Å². The maximum absolute atomic E-state index is 6.45. The molecule has 2 fully saturated rings. The average Bonchev–Trinajstić information content (AvgIpc) is 3.20. The Bertz CT molecular complexity index is 1010. The number of nitrogens with one attached hydrogen (secondary N) is 3. The molecule has 3 N–H and O–H groups in total. The highest BCUT2D eigenvalue weighted by molar-refractivity contribution is 6.33. The zero-order valence-corrected chi connectivity index (χ0v) is 18.9. The summed E-state index contributed by atoms with van der Waals surface area (Å²) in [7, 11) is 0. The van der Waals surface area contributed by atoms with Gasteiger partial charge in [0.2, 0.25) is 5.95 Å². The third kappa shape index (κ3) is 5.12. The van der Waals surface area contributed by atoms with Crippen LogP contribution in [0.2, 0.25) is 5.02 Å². The van der Waals surface area contributed by atoms with Crippen LogP contribution in [0.1, 0.15) is 38.5 Å². The van der Waals surface area contributed by atoms with Gasteiger partial charge in [-0.2, -0.15) is 0 Å². The highest BCUT2D eigenvalue weighted by Gasteiger charge is 2.26. The lowest BCUT2D eigenvalue weighted by Gasteiger charge is -2.34. The number of fused-ring (bicyclic) bond motifs is 1. The van der Waals surface area contributed by atoms with E-state index in [0.717, 1.165) is 68.2 Å². The summed E-state index contributed by atoms with van der Waals surface area (Å²) in [6.45, 7) is 2.12. The van der Waals surface area contributed by atoms with Crippen molar-refractivity contribution >= 4 is 41.0 Å². The Kier molecular flexibility index (Phi) is 7.27. The first-order valence-electron chi connectivity index (χ1n) is 10.8. The monoisotopic (exact) mass is 462 g/mol. The maximum Gasteiger partial charge on any atom is 0.223 e. The molecular weight excluding hydrogens is 435 g/mol. The normalized spacial score (nSPS) is 22.2. The van der Waals surface area contributed by atoms with Gasteiger partial charge < -0.3 is 20.4 Å². The number of hydrogen-bond donors (Lipinski definition) is 3. The number of nitrogens with zero attached hydrogens (tertiary/aromatic N) is 3. The van der Waals surface area contributed by atoms with Crippen LogP contribution in [0.25, 0.3) is 22.3 Å². The van der Waals surface area contributed by atoms with E-state index >= 15 is 0 Å². The molecule has 0 amide bonds. The second kappa shape index (κ2) is 10.1. The van der Waals surface area contributed by atoms with Crippen molar-refractivity contribution in [2.75, 3.05) is 18.4 Å². The molecule has 2 atom stereocenters. The number of H-pyrrole nitrogens is 1. The van der Waals surface area contributed by atoms with Gasteiger partial charge in [0.1, 0.15) is 5.65 Å². The van der Waals surface area contributed by atoms with Crippen LogP contribution in [0.5, 0.6) is 0 Å². The van der Waals surface area contributed by atoms with E-state index in [1.165, 1.54) is 0 Å². The zero-order chi connectivity index (χ0) is 20.3. The Morgan fingerprint density at radius 2 is 1.97 bits per heavy atom. The Labute approximate surface area is 193 Å². The molecule has 7 nitrogen and oxygen atoms in total.